The van der Waals surface area contributed by atoms with E-state index in [1.165, 1.54) is 36.4 Å². The summed E-state index contributed by atoms with van der Waals surface area (Å²) in [5.74, 6) is -0.385. The van der Waals surface area contributed by atoms with E-state index in [0.29, 0.717) is 13.0 Å². The highest BCUT2D eigenvalue weighted by Crippen LogP contribution is 2.25. The average molecular weight is 523 g/mol. The van der Waals surface area contributed by atoms with E-state index in [1.54, 1.807) is 18.2 Å². The molecular formula is C26H26N4O6S. The molecule has 11 heteroatoms. The Hall–Kier alpha value is -4.25. The van der Waals surface area contributed by atoms with E-state index in [1.807, 2.05) is 29.2 Å². The minimum atomic E-state index is -4.12. The zero-order chi connectivity index (χ0) is 26.4. The molecule has 0 saturated carbocycles. The van der Waals surface area contributed by atoms with Crippen LogP contribution in [0.1, 0.15) is 24.0 Å². The molecule has 0 aromatic heterocycles. The molecule has 1 fully saturated rings. The van der Waals surface area contributed by atoms with Crippen LogP contribution in [-0.2, 0) is 32.7 Å². The topological polar surface area (TPSA) is 130 Å². The standard InChI is InChI=1S/C26H26N4O6S/c31-25(27-17-20-8-10-21(11-9-20)18-28-16-4-7-26(28)32)19-29(22-12-14-23(15-13-22)30(33)34)37(35,36)24-5-2-1-3-6-24/h1-3,5-6,8-15H,4,7,16-19H2,(H,27,31). The molecule has 10 nitrogen and oxygen atoms in total. The molecule has 0 radical (unpaired) electrons. The first kappa shape index (κ1) is 25.8. The van der Waals surface area contributed by atoms with Crippen LogP contribution in [0.5, 0.6) is 0 Å². The number of nitrogens with zero attached hydrogens (tertiary/aromatic N) is 3. The van der Waals surface area contributed by atoms with Gasteiger partial charge in [-0.05, 0) is 41.8 Å². The van der Waals surface area contributed by atoms with Crippen LogP contribution in [0.3, 0.4) is 0 Å². The van der Waals surface area contributed by atoms with Gasteiger partial charge in [-0.15, -0.1) is 0 Å². The zero-order valence-electron chi connectivity index (χ0n) is 19.9. The minimum absolute atomic E-state index is 0.00627. The molecule has 0 atom stereocenters. The number of hydrogen-bond donors (Lipinski definition) is 1. The van der Waals surface area contributed by atoms with Gasteiger partial charge in [0.25, 0.3) is 15.7 Å². The van der Waals surface area contributed by atoms with Crippen LogP contribution in [0, 0.1) is 10.1 Å². The fourth-order valence-electron chi connectivity index (χ4n) is 4.02. The summed E-state index contributed by atoms with van der Waals surface area (Å²) in [6, 6.07) is 20.2. The molecule has 0 bridgehead atoms. The van der Waals surface area contributed by atoms with Crippen LogP contribution in [0.25, 0.3) is 0 Å². The SMILES string of the molecule is O=C(CN(c1ccc([N+](=O)[O-])cc1)S(=O)(=O)c1ccccc1)NCc1ccc(CN2CCCC2=O)cc1. The van der Waals surface area contributed by atoms with Gasteiger partial charge in [0, 0.05) is 38.2 Å². The van der Waals surface area contributed by atoms with Crippen LogP contribution in [-0.4, -0.2) is 43.1 Å². The summed E-state index contributed by atoms with van der Waals surface area (Å²) >= 11 is 0. The van der Waals surface area contributed by atoms with Gasteiger partial charge in [0.1, 0.15) is 6.54 Å². The number of sulfonamides is 1. The number of non-ortho nitro benzene ring substituents is 1. The smallest absolute Gasteiger partial charge is 0.269 e. The van der Waals surface area contributed by atoms with Gasteiger partial charge in [0.2, 0.25) is 11.8 Å². The van der Waals surface area contributed by atoms with E-state index in [2.05, 4.69) is 5.32 Å². The number of carbonyl (C=O) groups excluding carboxylic acids is 2. The Morgan fingerprint density at radius 2 is 1.62 bits per heavy atom. The average Bonchev–Trinajstić information content (AvgIpc) is 3.31. The molecular weight excluding hydrogens is 496 g/mol. The number of benzene rings is 3. The van der Waals surface area contributed by atoms with Crippen molar-refractivity contribution in [2.24, 2.45) is 0 Å². The Morgan fingerprint density at radius 1 is 0.973 bits per heavy atom. The second kappa shape index (κ2) is 11.2. The zero-order valence-corrected chi connectivity index (χ0v) is 20.8. The van der Waals surface area contributed by atoms with Crippen molar-refractivity contribution in [1.29, 1.82) is 0 Å². The van der Waals surface area contributed by atoms with Crippen LogP contribution < -0.4 is 9.62 Å². The number of hydrogen-bond acceptors (Lipinski definition) is 6. The monoisotopic (exact) mass is 522 g/mol. The van der Waals surface area contributed by atoms with Gasteiger partial charge in [-0.25, -0.2) is 8.42 Å². The summed E-state index contributed by atoms with van der Waals surface area (Å²) in [5.41, 5.74) is 1.74. The number of nitrogens with one attached hydrogen (secondary N) is 1. The van der Waals surface area contributed by atoms with Crippen LogP contribution in [0.4, 0.5) is 11.4 Å². The molecule has 4 rings (SSSR count). The number of likely N-dealkylation sites (tertiary alicyclic amines) is 1. The van der Waals surface area contributed by atoms with E-state index >= 15 is 0 Å². The first-order valence-electron chi connectivity index (χ1n) is 11.7. The first-order chi connectivity index (χ1) is 17.7. The summed E-state index contributed by atoms with van der Waals surface area (Å²) in [6.45, 7) is 0.978. The Labute approximate surface area is 214 Å². The van der Waals surface area contributed by atoms with E-state index in [4.69, 9.17) is 0 Å². The molecule has 37 heavy (non-hydrogen) atoms. The number of carbonyl (C=O) groups is 2. The lowest BCUT2D eigenvalue weighted by molar-refractivity contribution is -0.384. The van der Waals surface area contributed by atoms with E-state index in [-0.39, 0.29) is 28.7 Å². The highest BCUT2D eigenvalue weighted by atomic mass is 32.2. The normalized spacial score (nSPS) is 13.4. The van der Waals surface area contributed by atoms with Gasteiger partial charge in [0.05, 0.1) is 15.5 Å². The Bertz CT molecular complexity index is 1380. The fraction of sp³-hybridized carbons (Fsp3) is 0.231. The molecule has 1 saturated heterocycles. The molecule has 3 aromatic rings. The maximum Gasteiger partial charge on any atom is 0.269 e. The van der Waals surface area contributed by atoms with Gasteiger partial charge < -0.3 is 10.2 Å². The largest absolute Gasteiger partial charge is 0.350 e. The van der Waals surface area contributed by atoms with E-state index in [9.17, 15) is 28.1 Å². The second-order valence-corrected chi connectivity index (χ2v) is 10.5. The second-order valence-electron chi connectivity index (χ2n) is 8.61. The fourth-order valence-corrected chi connectivity index (χ4v) is 5.46. The lowest BCUT2D eigenvalue weighted by Gasteiger charge is -2.24. The minimum Gasteiger partial charge on any atom is -0.350 e. The highest BCUT2D eigenvalue weighted by Gasteiger charge is 2.27. The third kappa shape index (κ3) is 6.31. The van der Waals surface area contributed by atoms with Crippen molar-refractivity contribution < 1.29 is 22.9 Å². The number of nitro groups is 1. The van der Waals surface area contributed by atoms with Gasteiger partial charge in [-0.2, -0.15) is 0 Å². The van der Waals surface area contributed by atoms with Crippen molar-refractivity contribution in [3.63, 3.8) is 0 Å². The lowest BCUT2D eigenvalue weighted by atomic mass is 10.1. The highest BCUT2D eigenvalue weighted by molar-refractivity contribution is 7.92. The Balaban J connectivity index is 1.45. The number of nitro benzene ring substituents is 1. The number of amides is 2. The predicted molar refractivity (Wildman–Crippen MR) is 137 cm³/mol. The quantitative estimate of drug-likeness (QED) is 0.321. The first-order valence-corrected chi connectivity index (χ1v) is 13.1. The molecule has 1 aliphatic heterocycles. The molecule has 0 aliphatic carbocycles. The van der Waals surface area contributed by atoms with Gasteiger partial charge in [0.15, 0.2) is 0 Å². The maximum atomic E-state index is 13.3. The lowest BCUT2D eigenvalue weighted by Crippen LogP contribution is -2.40. The molecule has 192 valence electrons. The molecule has 1 aliphatic rings. The third-order valence-electron chi connectivity index (χ3n) is 6.02. The number of rotatable bonds is 10. The van der Waals surface area contributed by atoms with Crippen molar-refractivity contribution in [2.75, 3.05) is 17.4 Å². The molecule has 0 spiro atoms. The third-order valence-corrected chi connectivity index (χ3v) is 7.81. The molecule has 1 N–H and O–H groups in total. The molecule has 3 aromatic carbocycles. The summed E-state index contributed by atoms with van der Waals surface area (Å²) in [5, 5.41) is 13.7. The molecule has 0 unspecified atom stereocenters. The van der Waals surface area contributed by atoms with E-state index in [0.717, 1.165) is 28.4 Å². The van der Waals surface area contributed by atoms with Gasteiger partial charge >= 0.3 is 0 Å². The molecule has 1 heterocycles. The number of anilines is 1. The van der Waals surface area contributed by atoms with Crippen LogP contribution >= 0.6 is 0 Å². The van der Waals surface area contributed by atoms with Crippen molar-refractivity contribution in [1.82, 2.24) is 10.2 Å². The van der Waals surface area contributed by atoms with E-state index < -0.39 is 27.4 Å². The van der Waals surface area contributed by atoms with Crippen molar-refractivity contribution in [2.45, 2.75) is 30.8 Å². The van der Waals surface area contributed by atoms with Gasteiger partial charge in [-0.1, -0.05) is 42.5 Å². The predicted octanol–water partition coefficient (Wildman–Crippen LogP) is 3.23. The van der Waals surface area contributed by atoms with Crippen molar-refractivity contribution in [3.05, 3.63) is 100 Å². The summed E-state index contributed by atoms with van der Waals surface area (Å²) in [7, 11) is -4.12. The Morgan fingerprint density at radius 3 is 2.22 bits per heavy atom. The van der Waals surface area contributed by atoms with Crippen molar-refractivity contribution >= 4 is 33.2 Å². The van der Waals surface area contributed by atoms with Gasteiger partial charge in [-0.3, -0.25) is 24.0 Å². The maximum absolute atomic E-state index is 13.3. The van der Waals surface area contributed by atoms with Crippen molar-refractivity contribution in [3.8, 4) is 0 Å². The molecule has 2 amide bonds. The summed E-state index contributed by atoms with van der Waals surface area (Å²) in [6.07, 6.45) is 1.46. The summed E-state index contributed by atoms with van der Waals surface area (Å²) < 4.78 is 27.6. The Kier molecular flexibility index (Phi) is 7.83. The summed E-state index contributed by atoms with van der Waals surface area (Å²) in [4.78, 5) is 36.9. The van der Waals surface area contributed by atoms with Crippen LogP contribution in [0.2, 0.25) is 0 Å². The van der Waals surface area contributed by atoms with Crippen LogP contribution in [0.15, 0.2) is 83.8 Å².